The van der Waals surface area contributed by atoms with E-state index < -0.39 is 59.8 Å². The lowest BCUT2D eigenvalue weighted by molar-refractivity contribution is -0.220. The van der Waals surface area contributed by atoms with Crippen LogP contribution in [0.15, 0.2) is 73.3 Å². The van der Waals surface area contributed by atoms with Crippen LogP contribution in [0.4, 0.5) is 22.0 Å². The van der Waals surface area contributed by atoms with Crippen LogP contribution in [0.25, 0.3) is 33.9 Å². The zero-order valence-corrected chi connectivity index (χ0v) is 30.7. The van der Waals surface area contributed by atoms with Gasteiger partial charge in [-0.05, 0) is 68.9 Å². The van der Waals surface area contributed by atoms with Crippen molar-refractivity contribution < 1.29 is 31.4 Å². The number of hydrogen-bond donors (Lipinski definition) is 2. The van der Waals surface area contributed by atoms with Crippen LogP contribution in [0.1, 0.15) is 53.2 Å². The van der Waals surface area contributed by atoms with Crippen molar-refractivity contribution in [2.75, 3.05) is 6.61 Å². The molecule has 0 aliphatic heterocycles. The highest BCUT2D eigenvalue weighted by atomic mass is 19.4. The molecule has 0 bridgehead atoms. The van der Waals surface area contributed by atoms with Crippen LogP contribution in [0.3, 0.4) is 0 Å². The third kappa shape index (κ3) is 7.85. The number of aromatic nitrogens is 7. The summed E-state index contributed by atoms with van der Waals surface area (Å²) in [5, 5.41) is 11.1. The Balaban J connectivity index is 1.34. The van der Waals surface area contributed by atoms with Gasteiger partial charge < -0.3 is 15.2 Å². The molecular weight excluding hydrogens is 709 g/mol. The van der Waals surface area contributed by atoms with Crippen LogP contribution in [0.2, 0.25) is 0 Å². The summed E-state index contributed by atoms with van der Waals surface area (Å²) in [6, 6.07) is 11.4. The molecule has 0 saturated heterocycles. The van der Waals surface area contributed by atoms with Crippen LogP contribution in [0.5, 0.6) is 11.5 Å². The number of nitrogens with one attached hydrogen (secondary N) is 1. The summed E-state index contributed by atoms with van der Waals surface area (Å²) in [7, 11) is 0. The number of fused-ring (bicyclic) bond motifs is 2. The minimum absolute atomic E-state index is 0.0997. The van der Waals surface area contributed by atoms with Crippen molar-refractivity contribution in [1.29, 1.82) is 0 Å². The van der Waals surface area contributed by atoms with E-state index in [-0.39, 0.29) is 29.3 Å². The van der Waals surface area contributed by atoms with Crippen LogP contribution >= 0.6 is 0 Å². The number of alkyl halides is 3. The van der Waals surface area contributed by atoms with Gasteiger partial charge in [-0.3, -0.25) is 5.32 Å². The fraction of sp³-hybridized carbons (Fsp3) is 0.395. The lowest BCUT2D eigenvalue weighted by Gasteiger charge is -2.45. The molecule has 3 atom stereocenters. The minimum Gasteiger partial charge on any atom is -0.489 e. The van der Waals surface area contributed by atoms with Gasteiger partial charge in [0.05, 0.1) is 40.7 Å². The molecule has 11 nitrogen and oxygen atoms in total. The van der Waals surface area contributed by atoms with E-state index in [2.05, 4.69) is 30.5 Å². The van der Waals surface area contributed by atoms with Gasteiger partial charge in [0.1, 0.15) is 18.2 Å². The van der Waals surface area contributed by atoms with Crippen LogP contribution in [-0.2, 0) is 0 Å². The first-order valence-corrected chi connectivity index (χ1v) is 17.5. The topological polar surface area (TPSA) is 130 Å². The monoisotopic (exact) mass is 751 g/mol. The van der Waals surface area contributed by atoms with Gasteiger partial charge in [-0.1, -0.05) is 27.7 Å². The van der Waals surface area contributed by atoms with E-state index in [1.807, 2.05) is 13.8 Å². The van der Waals surface area contributed by atoms with Crippen molar-refractivity contribution in [3.05, 3.63) is 90.6 Å². The van der Waals surface area contributed by atoms with E-state index in [0.29, 0.717) is 28.4 Å². The number of nitrogens with two attached hydrogens (primary N) is 1. The number of pyridine rings is 1. The fourth-order valence-electron chi connectivity index (χ4n) is 6.76. The second kappa shape index (κ2) is 14.9. The van der Waals surface area contributed by atoms with Gasteiger partial charge in [0, 0.05) is 36.2 Å². The van der Waals surface area contributed by atoms with Crippen LogP contribution in [0, 0.1) is 30.4 Å². The molecule has 0 amide bonds. The maximum Gasteiger partial charge on any atom is 0.410 e. The number of benzene rings is 1. The molecule has 16 heteroatoms. The molecule has 0 saturated carbocycles. The van der Waals surface area contributed by atoms with Crippen molar-refractivity contribution in [2.24, 2.45) is 17.6 Å². The molecule has 2 unspecified atom stereocenters. The highest BCUT2D eigenvalue weighted by Crippen LogP contribution is 2.39. The summed E-state index contributed by atoms with van der Waals surface area (Å²) in [6.45, 7) is 9.20. The van der Waals surface area contributed by atoms with Crippen molar-refractivity contribution in [3.63, 3.8) is 0 Å². The zero-order chi connectivity index (χ0) is 39.0. The zero-order valence-electron chi connectivity index (χ0n) is 30.7. The quantitative estimate of drug-likeness (QED) is 0.0855. The molecule has 54 heavy (non-hydrogen) atoms. The molecule has 6 aromatic rings. The molecule has 0 aliphatic carbocycles. The van der Waals surface area contributed by atoms with E-state index in [1.54, 1.807) is 68.0 Å². The van der Waals surface area contributed by atoms with E-state index in [0.717, 1.165) is 12.1 Å². The molecule has 5 heterocycles. The van der Waals surface area contributed by atoms with Gasteiger partial charge in [-0.25, -0.2) is 32.8 Å². The molecular formula is C38H42F5N9O2. The first-order valence-electron chi connectivity index (χ1n) is 17.5. The predicted octanol–water partition coefficient (Wildman–Crippen LogP) is 7.57. The van der Waals surface area contributed by atoms with Gasteiger partial charge >= 0.3 is 6.18 Å². The smallest absolute Gasteiger partial charge is 0.410 e. The summed E-state index contributed by atoms with van der Waals surface area (Å²) in [6.07, 6.45) is -0.802. The Labute approximate surface area is 308 Å². The largest absolute Gasteiger partial charge is 0.489 e. The first-order chi connectivity index (χ1) is 25.5. The van der Waals surface area contributed by atoms with Crippen molar-refractivity contribution in [3.8, 4) is 34.1 Å². The molecule has 5 aromatic heterocycles. The van der Waals surface area contributed by atoms with Crippen molar-refractivity contribution in [1.82, 2.24) is 39.5 Å². The number of ether oxygens (including phenoxy) is 2. The molecule has 0 aliphatic rings. The Hall–Kier alpha value is -5.22. The van der Waals surface area contributed by atoms with Crippen LogP contribution < -0.4 is 20.5 Å². The summed E-state index contributed by atoms with van der Waals surface area (Å²) in [4.78, 5) is 13.0. The number of halogens is 5. The van der Waals surface area contributed by atoms with Gasteiger partial charge in [0.2, 0.25) is 0 Å². The van der Waals surface area contributed by atoms with E-state index in [4.69, 9.17) is 15.2 Å². The molecule has 3 N–H and O–H groups in total. The number of hydrogen-bond acceptors (Lipinski definition) is 9. The third-order valence-corrected chi connectivity index (χ3v) is 9.05. The molecule has 0 fully saturated rings. The third-order valence-electron chi connectivity index (χ3n) is 9.05. The van der Waals surface area contributed by atoms with E-state index in [1.165, 1.54) is 29.9 Å². The Morgan fingerprint density at radius 2 is 1.39 bits per heavy atom. The van der Waals surface area contributed by atoms with Crippen LogP contribution in [-0.4, -0.2) is 64.3 Å². The Bertz CT molecular complexity index is 2250. The molecule has 0 radical (unpaired) electrons. The number of aryl methyl sites for hydroxylation is 1. The number of nitrogens with zero attached hydrogens (tertiary/aromatic N) is 7. The molecule has 0 spiro atoms. The molecule has 286 valence electrons. The number of rotatable bonds is 14. The second-order valence-corrected chi connectivity index (χ2v) is 14.6. The minimum atomic E-state index is -4.93. The maximum atomic E-state index is 15.9. The average Bonchev–Trinajstić information content (AvgIpc) is 3.77. The SMILES string of the molecule is Cc1nc(-c2ccnc3ccnn23)ccc1OCC(CC(C)C)(NC(Oc1cc(F)c(-c2ccnc3ccnn23)cc1F)[C@@](C)(N)CC(C)C)C(F)(F)F. The van der Waals surface area contributed by atoms with E-state index >= 15 is 22.0 Å². The molecule has 1 aromatic carbocycles. The Morgan fingerprint density at radius 3 is 1.98 bits per heavy atom. The Morgan fingerprint density at radius 1 is 0.778 bits per heavy atom. The fourth-order valence-corrected chi connectivity index (χ4v) is 6.76. The van der Waals surface area contributed by atoms with Gasteiger partial charge in [-0.2, -0.15) is 23.4 Å². The summed E-state index contributed by atoms with van der Waals surface area (Å²) in [5.74, 6) is -3.02. The summed E-state index contributed by atoms with van der Waals surface area (Å²) < 4.78 is 93.2. The maximum absolute atomic E-state index is 15.9. The van der Waals surface area contributed by atoms with E-state index in [9.17, 15) is 0 Å². The highest BCUT2D eigenvalue weighted by Gasteiger charge is 2.58. The van der Waals surface area contributed by atoms with Gasteiger partial charge in [-0.15, -0.1) is 0 Å². The van der Waals surface area contributed by atoms with Crippen molar-refractivity contribution >= 4 is 11.3 Å². The van der Waals surface area contributed by atoms with Gasteiger partial charge in [0.25, 0.3) is 0 Å². The average molecular weight is 752 g/mol. The highest BCUT2D eigenvalue weighted by molar-refractivity contribution is 5.64. The Kier molecular flexibility index (Phi) is 10.6. The first kappa shape index (κ1) is 38.5. The lowest BCUT2D eigenvalue weighted by Crippen LogP contribution is -2.70. The second-order valence-electron chi connectivity index (χ2n) is 14.6. The summed E-state index contributed by atoms with van der Waals surface area (Å²) in [5.41, 5.74) is 5.00. The summed E-state index contributed by atoms with van der Waals surface area (Å²) >= 11 is 0. The lowest BCUT2D eigenvalue weighted by atomic mass is 9.84. The normalized spacial score (nSPS) is 15.1. The standard InChI is InChI=1S/C38H42F5N9O2/c1-22(2)19-36(6,44)35(54-32-18-26(39)25(17-27(32)40)29-9-13-45-33-11-15-47-51(29)33)50-37(20-23(3)4,38(41,42)43)21-53-31-8-7-28(49-24(31)5)30-10-14-46-34-12-16-48-52(30)34/h7-18,22-23,35,50H,19-21,44H2,1-6H3/t35?,36-,37?/m0/s1. The molecule has 6 rings (SSSR count). The predicted molar refractivity (Wildman–Crippen MR) is 193 cm³/mol. The van der Waals surface area contributed by atoms with Gasteiger partial charge in [0.15, 0.2) is 34.6 Å². The van der Waals surface area contributed by atoms with Crippen molar-refractivity contribution in [2.45, 2.75) is 77.9 Å².